The second-order valence-corrected chi connectivity index (χ2v) is 7.56. The van der Waals surface area contributed by atoms with Gasteiger partial charge in [-0.1, -0.05) is 50.1 Å². The first-order chi connectivity index (χ1) is 10.2. The SMILES string of the molecule is CCC(CCCCCc1ccccc1)C(=O)CP(C)OC. The van der Waals surface area contributed by atoms with Crippen molar-refractivity contribution in [3.05, 3.63) is 35.9 Å². The standard InChI is InChI=1S/C18H29O2P/c1-4-17(18(19)15-21(3)20-2)14-10-6-9-13-16-11-7-5-8-12-16/h5,7-8,11-12,17H,4,6,9-10,13-15H2,1-3H3. The molecule has 0 aliphatic heterocycles. The van der Waals surface area contributed by atoms with Gasteiger partial charge in [0.15, 0.2) is 0 Å². The summed E-state index contributed by atoms with van der Waals surface area (Å²) in [6.45, 7) is 4.15. The number of unbranched alkanes of at least 4 members (excludes halogenated alkanes) is 2. The van der Waals surface area contributed by atoms with Gasteiger partial charge in [0.1, 0.15) is 5.78 Å². The molecule has 0 bridgehead atoms. The first kappa shape index (κ1) is 18.3. The van der Waals surface area contributed by atoms with Gasteiger partial charge in [-0.2, -0.15) is 0 Å². The molecule has 0 aliphatic rings. The molecule has 0 aromatic heterocycles. The smallest absolute Gasteiger partial charge is 0.142 e. The number of rotatable bonds is 11. The summed E-state index contributed by atoms with van der Waals surface area (Å²) >= 11 is 0. The normalized spacial score (nSPS) is 13.9. The van der Waals surface area contributed by atoms with Gasteiger partial charge in [-0.3, -0.25) is 4.79 Å². The zero-order valence-electron chi connectivity index (χ0n) is 13.7. The van der Waals surface area contributed by atoms with Gasteiger partial charge in [0, 0.05) is 21.2 Å². The number of benzene rings is 1. The first-order valence-electron chi connectivity index (χ1n) is 7.99. The first-order valence-corrected chi connectivity index (χ1v) is 9.88. The minimum atomic E-state index is -0.557. The molecule has 0 heterocycles. The van der Waals surface area contributed by atoms with Crippen LogP contribution in [-0.4, -0.2) is 25.7 Å². The number of Topliss-reactive ketones (excluding diaryl/α,β-unsaturated/α-hetero) is 1. The maximum absolute atomic E-state index is 12.2. The van der Waals surface area contributed by atoms with Crippen molar-refractivity contribution in [1.29, 1.82) is 0 Å². The molecule has 2 atom stereocenters. The number of carbonyl (C=O) groups excluding carboxylic acids is 1. The Kier molecular flexibility index (Phi) is 9.54. The van der Waals surface area contributed by atoms with Crippen LogP contribution < -0.4 is 0 Å². The molecule has 118 valence electrons. The summed E-state index contributed by atoms with van der Waals surface area (Å²) in [5.41, 5.74) is 1.41. The molecule has 21 heavy (non-hydrogen) atoms. The van der Waals surface area contributed by atoms with E-state index in [-0.39, 0.29) is 5.92 Å². The molecule has 0 saturated heterocycles. The minimum absolute atomic E-state index is 0.238. The number of hydrogen-bond donors (Lipinski definition) is 0. The minimum Gasteiger partial charge on any atom is -0.362 e. The zero-order chi connectivity index (χ0) is 15.5. The van der Waals surface area contributed by atoms with Gasteiger partial charge >= 0.3 is 0 Å². The highest BCUT2D eigenvalue weighted by molar-refractivity contribution is 7.52. The molecule has 3 heteroatoms. The van der Waals surface area contributed by atoms with Crippen molar-refractivity contribution in [3.8, 4) is 0 Å². The lowest BCUT2D eigenvalue weighted by Crippen LogP contribution is -2.17. The highest BCUT2D eigenvalue weighted by atomic mass is 31.1. The van der Waals surface area contributed by atoms with E-state index in [9.17, 15) is 4.79 Å². The molecule has 0 saturated carbocycles. The number of ketones is 1. The summed E-state index contributed by atoms with van der Waals surface area (Å²) in [4.78, 5) is 12.2. The van der Waals surface area contributed by atoms with E-state index in [1.54, 1.807) is 7.11 Å². The zero-order valence-corrected chi connectivity index (χ0v) is 14.6. The summed E-state index contributed by atoms with van der Waals surface area (Å²) in [6.07, 6.45) is 7.36. The Bertz CT molecular complexity index is 391. The van der Waals surface area contributed by atoms with E-state index >= 15 is 0 Å². The molecule has 2 nitrogen and oxygen atoms in total. The van der Waals surface area contributed by atoms with Crippen molar-refractivity contribution in [1.82, 2.24) is 0 Å². The Hall–Kier alpha value is -0.720. The predicted octanol–water partition coefficient (Wildman–Crippen LogP) is 5.06. The van der Waals surface area contributed by atoms with Crippen molar-refractivity contribution in [2.45, 2.75) is 45.4 Å². The third-order valence-corrected chi connectivity index (χ3v) is 5.38. The lowest BCUT2D eigenvalue weighted by atomic mass is 9.94. The van der Waals surface area contributed by atoms with Gasteiger partial charge in [0.2, 0.25) is 0 Å². The highest BCUT2D eigenvalue weighted by Gasteiger charge is 2.18. The van der Waals surface area contributed by atoms with E-state index in [1.165, 1.54) is 18.4 Å². The number of aryl methyl sites for hydroxylation is 1. The average Bonchev–Trinajstić information content (AvgIpc) is 2.51. The Morgan fingerprint density at radius 3 is 2.52 bits per heavy atom. The Balaban J connectivity index is 2.18. The fourth-order valence-electron chi connectivity index (χ4n) is 2.55. The van der Waals surface area contributed by atoms with Gasteiger partial charge < -0.3 is 4.52 Å². The average molecular weight is 308 g/mol. The monoisotopic (exact) mass is 308 g/mol. The van der Waals surface area contributed by atoms with Crippen molar-refractivity contribution in [2.24, 2.45) is 5.92 Å². The van der Waals surface area contributed by atoms with E-state index in [1.807, 2.05) is 6.66 Å². The van der Waals surface area contributed by atoms with Gasteiger partial charge in [-0.05, 0) is 37.9 Å². The van der Waals surface area contributed by atoms with Crippen LogP contribution in [0.25, 0.3) is 0 Å². The summed E-state index contributed by atoms with van der Waals surface area (Å²) in [5.74, 6) is 0.637. The van der Waals surface area contributed by atoms with Crippen molar-refractivity contribution in [2.75, 3.05) is 19.9 Å². The van der Waals surface area contributed by atoms with Gasteiger partial charge in [0.25, 0.3) is 0 Å². The van der Waals surface area contributed by atoms with Crippen LogP contribution in [0.4, 0.5) is 0 Å². The van der Waals surface area contributed by atoms with Crippen LogP contribution in [-0.2, 0) is 15.7 Å². The van der Waals surface area contributed by atoms with Crippen LogP contribution in [0.1, 0.15) is 44.6 Å². The fraction of sp³-hybridized carbons (Fsp3) is 0.611. The molecule has 2 unspecified atom stereocenters. The van der Waals surface area contributed by atoms with Gasteiger partial charge in [-0.15, -0.1) is 0 Å². The molecular weight excluding hydrogens is 279 g/mol. The number of hydrogen-bond acceptors (Lipinski definition) is 2. The molecule has 0 fully saturated rings. The lowest BCUT2D eigenvalue weighted by molar-refractivity contribution is -0.120. The molecule has 1 aromatic rings. The molecule has 1 rings (SSSR count). The summed E-state index contributed by atoms with van der Waals surface area (Å²) in [6, 6.07) is 10.6. The highest BCUT2D eigenvalue weighted by Crippen LogP contribution is 2.32. The van der Waals surface area contributed by atoms with E-state index in [0.29, 0.717) is 11.9 Å². The lowest BCUT2D eigenvalue weighted by Gasteiger charge is -2.16. The molecular formula is C18H29O2P. The maximum atomic E-state index is 12.2. The Labute approximate surface area is 131 Å². The van der Waals surface area contributed by atoms with Crippen LogP contribution in [0.2, 0.25) is 0 Å². The van der Waals surface area contributed by atoms with Gasteiger partial charge in [0.05, 0.1) is 6.16 Å². The third-order valence-electron chi connectivity index (χ3n) is 4.00. The molecule has 1 aromatic carbocycles. The Morgan fingerprint density at radius 2 is 1.90 bits per heavy atom. The van der Waals surface area contributed by atoms with Crippen LogP contribution in [0.3, 0.4) is 0 Å². The summed E-state index contributed by atoms with van der Waals surface area (Å²) < 4.78 is 5.25. The Morgan fingerprint density at radius 1 is 1.19 bits per heavy atom. The third kappa shape index (κ3) is 7.74. The second kappa shape index (κ2) is 10.9. The largest absolute Gasteiger partial charge is 0.362 e. The maximum Gasteiger partial charge on any atom is 0.142 e. The number of carbonyl (C=O) groups is 1. The quantitative estimate of drug-likeness (QED) is 0.422. The van der Waals surface area contributed by atoms with Crippen molar-refractivity contribution >= 4 is 13.9 Å². The predicted molar refractivity (Wildman–Crippen MR) is 92.1 cm³/mol. The van der Waals surface area contributed by atoms with Crippen LogP contribution in [0, 0.1) is 5.92 Å². The van der Waals surface area contributed by atoms with E-state index in [4.69, 9.17) is 4.52 Å². The van der Waals surface area contributed by atoms with Crippen LogP contribution >= 0.6 is 8.15 Å². The summed E-state index contributed by atoms with van der Waals surface area (Å²) in [7, 11) is 1.14. The molecule has 0 radical (unpaired) electrons. The molecule has 0 amide bonds. The van der Waals surface area contributed by atoms with Crippen LogP contribution in [0.5, 0.6) is 0 Å². The van der Waals surface area contributed by atoms with E-state index in [0.717, 1.165) is 25.7 Å². The van der Waals surface area contributed by atoms with Gasteiger partial charge in [-0.25, -0.2) is 0 Å². The molecule has 0 N–H and O–H groups in total. The fourth-order valence-corrected chi connectivity index (χ4v) is 3.37. The van der Waals surface area contributed by atoms with E-state index in [2.05, 4.69) is 37.3 Å². The van der Waals surface area contributed by atoms with E-state index < -0.39 is 8.15 Å². The molecule has 0 spiro atoms. The topological polar surface area (TPSA) is 26.3 Å². The molecule has 0 aliphatic carbocycles. The van der Waals surface area contributed by atoms with Crippen molar-refractivity contribution in [3.63, 3.8) is 0 Å². The summed E-state index contributed by atoms with van der Waals surface area (Å²) in [5, 5.41) is 0. The second-order valence-electron chi connectivity index (χ2n) is 5.63. The van der Waals surface area contributed by atoms with Crippen molar-refractivity contribution < 1.29 is 9.32 Å². The van der Waals surface area contributed by atoms with Crippen LogP contribution in [0.15, 0.2) is 30.3 Å².